The van der Waals surface area contributed by atoms with Crippen molar-refractivity contribution in [3.05, 3.63) is 12.2 Å². The van der Waals surface area contributed by atoms with Crippen molar-refractivity contribution in [3.8, 4) is 0 Å². The Morgan fingerprint density at radius 2 is 2.25 bits per heavy atom. The van der Waals surface area contributed by atoms with E-state index in [4.69, 9.17) is 0 Å². The molecule has 0 rings (SSSR count). The van der Waals surface area contributed by atoms with Crippen molar-refractivity contribution in [1.29, 1.82) is 0 Å². The molecule has 0 aliphatic rings. The number of hydrogen-bond donors (Lipinski definition) is 0. The van der Waals surface area contributed by atoms with Gasteiger partial charge in [-0.3, -0.25) is 4.99 Å². The third kappa shape index (κ3) is 5.41. The summed E-state index contributed by atoms with van der Waals surface area (Å²) in [6, 6.07) is 0. The largest absolute Gasteiger partial charge is 0.293 e. The molecule has 0 heterocycles. The summed E-state index contributed by atoms with van der Waals surface area (Å²) >= 11 is 0. The fraction of sp³-hybridized carbons (Fsp3) is 0.571. The first-order valence-corrected chi connectivity index (χ1v) is 3.01. The van der Waals surface area contributed by atoms with Crippen molar-refractivity contribution in [2.24, 2.45) is 4.99 Å². The van der Waals surface area contributed by atoms with Crippen LogP contribution in [0.4, 0.5) is 0 Å². The highest BCUT2D eigenvalue weighted by atomic mass is 14.7. The monoisotopic (exact) mass is 111 g/mol. The van der Waals surface area contributed by atoms with E-state index in [1.54, 1.807) is 0 Å². The van der Waals surface area contributed by atoms with Crippen LogP contribution in [0.25, 0.3) is 0 Å². The summed E-state index contributed by atoms with van der Waals surface area (Å²) in [5.41, 5.74) is 0. The number of rotatable bonds is 3. The highest BCUT2D eigenvalue weighted by Gasteiger charge is 1.65. The predicted molar refractivity (Wildman–Crippen MR) is 38.5 cm³/mol. The first kappa shape index (κ1) is 7.41. The summed E-state index contributed by atoms with van der Waals surface area (Å²) in [5.74, 6) is 0. The molecule has 0 aliphatic carbocycles. The Balaban J connectivity index is 3.03. The van der Waals surface area contributed by atoms with Crippen molar-refractivity contribution >= 4 is 6.21 Å². The van der Waals surface area contributed by atoms with E-state index in [9.17, 15) is 0 Å². The van der Waals surface area contributed by atoms with Crippen LogP contribution in [0.5, 0.6) is 0 Å². The maximum absolute atomic E-state index is 4.07. The first-order valence-electron chi connectivity index (χ1n) is 3.01. The molecule has 0 aliphatic heterocycles. The quantitative estimate of drug-likeness (QED) is 0.390. The lowest BCUT2D eigenvalue weighted by molar-refractivity contribution is 1.21. The van der Waals surface area contributed by atoms with E-state index in [-0.39, 0.29) is 0 Å². The summed E-state index contributed by atoms with van der Waals surface area (Å²) in [7, 11) is 0. The summed E-state index contributed by atoms with van der Waals surface area (Å²) in [5, 5.41) is 0. The van der Waals surface area contributed by atoms with Gasteiger partial charge < -0.3 is 0 Å². The Bertz CT molecular complexity index is 82.4. The fourth-order valence-electron chi connectivity index (χ4n) is 0.370. The van der Waals surface area contributed by atoms with Crippen LogP contribution in [0.15, 0.2) is 17.1 Å². The van der Waals surface area contributed by atoms with E-state index >= 15 is 0 Å². The number of allylic oxidation sites excluding steroid dienone is 1. The lowest BCUT2D eigenvalue weighted by atomic mass is 10.5. The molecule has 0 atom stereocenters. The van der Waals surface area contributed by atoms with Crippen LogP contribution in [0, 0.1) is 0 Å². The number of hydrogen-bond acceptors (Lipinski definition) is 1. The van der Waals surface area contributed by atoms with Gasteiger partial charge in [-0.15, -0.1) is 0 Å². The van der Waals surface area contributed by atoms with Gasteiger partial charge in [0.2, 0.25) is 0 Å². The Hall–Kier alpha value is -0.590. The normalized spacial score (nSPS) is 11.8. The lowest BCUT2D eigenvalue weighted by Crippen LogP contribution is -1.72. The van der Waals surface area contributed by atoms with E-state index in [0.29, 0.717) is 0 Å². The molecule has 0 aromatic heterocycles. The SMILES string of the molecule is C/C=C\CN=CCC. The van der Waals surface area contributed by atoms with Gasteiger partial charge in [-0.2, -0.15) is 0 Å². The minimum absolute atomic E-state index is 0.838. The lowest BCUT2D eigenvalue weighted by Gasteiger charge is -1.78. The molecule has 0 spiro atoms. The summed E-state index contributed by atoms with van der Waals surface area (Å²) in [6.07, 6.45) is 7.01. The van der Waals surface area contributed by atoms with E-state index in [2.05, 4.69) is 11.9 Å². The van der Waals surface area contributed by atoms with Crippen molar-refractivity contribution in [1.82, 2.24) is 0 Å². The van der Waals surface area contributed by atoms with Gasteiger partial charge >= 0.3 is 0 Å². The molecule has 0 N–H and O–H groups in total. The number of aliphatic imine (C=N–C) groups is 1. The zero-order chi connectivity index (χ0) is 6.24. The molecule has 0 amide bonds. The maximum atomic E-state index is 4.07. The van der Waals surface area contributed by atoms with Crippen LogP contribution in [0.2, 0.25) is 0 Å². The van der Waals surface area contributed by atoms with Gasteiger partial charge in [-0.1, -0.05) is 19.1 Å². The third-order valence-electron chi connectivity index (χ3n) is 0.758. The number of nitrogens with zero attached hydrogens (tertiary/aromatic N) is 1. The summed E-state index contributed by atoms with van der Waals surface area (Å²) < 4.78 is 0. The van der Waals surface area contributed by atoms with E-state index in [1.165, 1.54) is 0 Å². The topological polar surface area (TPSA) is 12.4 Å². The second kappa shape index (κ2) is 6.41. The molecule has 1 nitrogen and oxygen atoms in total. The minimum Gasteiger partial charge on any atom is -0.293 e. The van der Waals surface area contributed by atoms with Gasteiger partial charge in [0.05, 0.1) is 6.54 Å². The molecule has 46 valence electrons. The van der Waals surface area contributed by atoms with Crippen molar-refractivity contribution < 1.29 is 0 Å². The summed E-state index contributed by atoms with van der Waals surface area (Å²) in [4.78, 5) is 4.07. The standard InChI is InChI=1S/C7H13N/c1-3-5-7-8-6-4-2/h3,5-6H,4,7H2,1-2H3/b5-3-,8-6?. The average Bonchev–Trinajstić information content (AvgIpc) is 1.81. The second-order valence-electron chi connectivity index (χ2n) is 1.53. The summed E-state index contributed by atoms with van der Waals surface area (Å²) in [6.45, 7) is 4.92. The molecule has 0 saturated heterocycles. The molecule has 0 aromatic carbocycles. The molecule has 0 saturated carbocycles. The zero-order valence-electron chi connectivity index (χ0n) is 5.59. The average molecular weight is 111 g/mol. The molecule has 0 fully saturated rings. The maximum Gasteiger partial charge on any atom is 0.0566 e. The highest BCUT2D eigenvalue weighted by Crippen LogP contribution is 1.73. The molecule has 0 radical (unpaired) electrons. The minimum atomic E-state index is 0.838. The van der Waals surface area contributed by atoms with Gasteiger partial charge in [-0.25, -0.2) is 0 Å². The van der Waals surface area contributed by atoms with Crippen LogP contribution in [0.1, 0.15) is 20.3 Å². The second-order valence-corrected chi connectivity index (χ2v) is 1.53. The Morgan fingerprint density at radius 3 is 2.75 bits per heavy atom. The van der Waals surface area contributed by atoms with E-state index in [0.717, 1.165) is 13.0 Å². The molecular formula is C7H13N. The van der Waals surface area contributed by atoms with Crippen LogP contribution in [0.3, 0.4) is 0 Å². The van der Waals surface area contributed by atoms with Crippen LogP contribution >= 0.6 is 0 Å². The van der Waals surface area contributed by atoms with Gasteiger partial charge in [0.25, 0.3) is 0 Å². The van der Waals surface area contributed by atoms with E-state index in [1.807, 2.05) is 25.3 Å². The molecule has 0 unspecified atom stereocenters. The van der Waals surface area contributed by atoms with Gasteiger partial charge in [0, 0.05) is 0 Å². The first-order chi connectivity index (χ1) is 3.91. The van der Waals surface area contributed by atoms with Gasteiger partial charge in [-0.05, 0) is 19.6 Å². The molecule has 1 heteroatoms. The Morgan fingerprint density at radius 1 is 1.50 bits per heavy atom. The van der Waals surface area contributed by atoms with Gasteiger partial charge in [0.1, 0.15) is 0 Å². The smallest absolute Gasteiger partial charge is 0.0566 e. The predicted octanol–water partition coefficient (Wildman–Crippen LogP) is 2.04. The molecule has 0 bridgehead atoms. The van der Waals surface area contributed by atoms with Gasteiger partial charge in [0.15, 0.2) is 0 Å². The van der Waals surface area contributed by atoms with Crippen LogP contribution < -0.4 is 0 Å². The molecule has 8 heavy (non-hydrogen) atoms. The molecular weight excluding hydrogens is 98.1 g/mol. The Labute approximate surface area is 51.1 Å². The van der Waals surface area contributed by atoms with Crippen molar-refractivity contribution in [2.45, 2.75) is 20.3 Å². The van der Waals surface area contributed by atoms with Crippen LogP contribution in [-0.4, -0.2) is 12.8 Å². The van der Waals surface area contributed by atoms with E-state index < -0.39 is 0 Å². The van der Waals surface area contributed by atoms with Crippen molar-refractivity contribution in [2.75, 3.05) is 6.54 Å². The fourth-order valence-corrected chi connectivity index (χ4v) is 0.370. The van der Waals surface area contributed by atoms with Crippen LogP contribution in [-0.2, 0) is 0 Å². The Kier molecular flexibility index (Phi) is 5.94. The highest BCUT2D eigenvalue weighted by molar-refractivity contribution is 5.56. The third-order valence-corrected chi connectivity index (χ3v) is 0.758. The zero-order valence-corrected chi connectivity index (χ0v) is 5.59. The molecule has 0 aromatic rings. The van der Waals surface area contributed by atoms with Crippen molar-refractivity contribution in [3.63, 3.8) is 0 Å².